The third kappa shape index (κ3) is 5.30. The summed E-state index contributed by atoms with van der Waals surface area (Å²) in [5, 5.41) is 7.08. The first kappa shape index (κ1) is 30.0. The molecule has 10 aromatic rings. The van der Waals surface area contributed by atoms with Gasteiger partial charge < -0.3 is 9.32 Å². The number of hydrogen-bond acceptors (Lipinski definition) is 2. The number of fused-ring (bicyclic) bond motifs is 5. The molecule has 2 nitrogen and oxygen atoms in total. The molecule has 1 heterocycles. The van der Waals surface area contributed by atoms with Gasteiger partial charge in [-0.2, -0.15) is 0 Å². The topological polar surface area (TPSA) is 16.4 Å². The fourth-order valence-corrected chi connectivity index (χ4v) is 7.61. The molecule has 0 N–H and O–H groups in total. The van der Waals surface area contributed by atoms with Crippen LogP contribution in [0.1, 0.15) is 0 Å². The molecule has 244 valence electrons. The first-order valence-corrected chi connectivity index (χ1v) is 17.7. The van der Waals surface area contributed by atoms with Crippen molar-refractivity contribution in [2.75, 3.05) is 4.90 Å². The molecule has 0 aliphatic heterocycles. The van der Waals surface area contributed by atoms with Crippen LogP contribution in [0.15, 0.2) is 205 Å². The Morgan fingerprint density at radius 2 is 0.827 bits per heavy atom. The van der Waals surface area contributed by atoms with Crippen molar-refractivity contribution in [3.8, 4) is 33.4 Å². The maximum Gasteiger partial charge on any atom is 0.137 e. The largest absolute Gasteiger partial charge is 0.456 e. The lowest BCUT2D eigenvalue weighted by atomic mass is 9.92. The lowest BCUT2D eigenvalue weighted by Crippen LogP contribution is -2.10. The fourth-order valence-electron chi connectivity index (χ4n) is 7.61. The van der Waals surface area contributed by atoms with Crippen LogP contribution in [0, 0.1) is 0 Å². The molecule has 0 amide bonds. The van der Waals surface area contributed by atoms with Crippen molar-refractivity contribution in [1.82, 2.24) is 0 Å². The van der Waals surface area contributed by atoms with Gasteiger partial charge in [-0.25, -0.2) is 0 Å². The molecule has 0 spiro atoms. The monoisotopic (exact) mass is 663 g/mol. The standard InChI is InChI=1S/C50H33NO/c1-3-11-34(12-4-1)36-21-23-42(24-22-36)51(44-26-28-46-48-30-39-17-9-10-18-40(39)31-49(48)52-50(46)33-44)43-25-27-45(37-14-5-2-6-15-37)47(32-43)41-20-19-35-13-7-8-16-38(35)29-41/h1-33H. The molecule has 2 heteroatoms. The van der Waals surface area contributed by atoms with Crippen molar-refractivity contribution in [3.63, 3.8) is 0 Å². The average Bonchev–Trinajstić information content (AvgIpc) is 3.57. The second-order valence-corrected chi connectivity index (χ2v) is 13.4. The average molecular weight is 664 g/mol. The van der Waals surface area contributed by atoms with Gasteiger partial charge in [0.25, 0.3) is 0 Å². The maximum atomic E-state index is 6.58. The van der Waals surface area contributed by atoms with Gasteiger partial charge in [-0.1, -0.05) is 140 Å². The molecule has 0 unspecified atom stereocenters. The van der Waals surface area contributed by atoms with Crippen LogP contribution in [0.5, 0.6) is 0 Å². The van der Waals surface area contributed by atoms with Crippen LogP contribution in [0.3, 0.4) is 0 Å². The van der Waals surface area contributed by atoms with Crippen LogP contribution in [-0.2, 0) is 0 Å². The van der Waals surface area contributed by atoms with E-state index in [1.807, 2.05) is 0 Å². The van der Waals surface area contributed by atoms with Crippen LogP contribution in [0.25, 0.3) is 76.9 Å². The highest BCUT2D eigenvalue weighted by atomic mass is 16.3. The van der Waals surface area contributed by atoms with Gasteiger partial charge in [-0.05, 0) is 110 Å². The third-order valence-corrected chi connectivity index (χ3v) is 10.2. The molecule has 10 rings (SSSR count). The molecule has 0 aliphatic carbocycles. The van der Waals surface area contributed by atoms with Gasteiger partial charge in [0.15, 0.2) is 0 Å². The Hall–Kier alpha value is -6.90. The molecule has 52 heavy (non-hydrogen) atoms. The SMILES string of the molecule is c1ccc(-c2ccc(N(c3ccc(-c4ccccc4)c(-c4ccc5ccccc5c4)c3)c3ccc4c(c3)oc3cc5ccccc5cc34)cc2)cc1. The summed E-state index contributed by atoms with van der Waals surface area (Å²) in [5.74, 6) is 0. The van der Waals surface area contributed by atoms with E-state index in [0.29, 0.717) is 0 Å². The van der Waals surface area contributed by atoms with Gasteiger partial charge in [-0.3, -0.25) is 0 Å². The second kappa shape index (κ2) is 12.5. The van der Waals surface area contributed by atoms with E-state index in [0.717, 1.165) is 39.0 Å². The lowest BCUT2D eigenvalue weighted by molar-refractivity contribution is 0.669. The highest BCUT2D eigenvalue weighted by molar-refractivity contribution is 6.11. The number of nitrogens with zero attached hydrogens (tertiary/aromatic N) is 1. The summed E-state index contributed by atoms with van der Waals surface area (Å²) in [4.78, 5) is 2.34. The Bertz CT molecular complexity index is 2890. The number of rotatable bonds is 6. The van der Waals surface area contributed by atoms with Gasteiger partial charge in [0.1, 0.15) is 11.2 Å². The number of furan rings is 1. The fraction of sp³-hybridized carbons (Fsp3) is 0. The van der Waals surface area contributed by atoms with Crippen molar-refractivity contribution >= 4 is 60.5 Å². The van der Waals surface area contributed by atoms with Crippen molar-refractivity contribution in [1.29, 1.82) is 0 Å². The summed E-state index contributed by atoms with van der Waals surface area (Å²) >= 11 is 0. The van der Waals surface area contributed by atoms with Crippen molar-refractivity contribution < 1.29 is 4.42 Å². The summed E-state index contributed by atoms with van der Waals surface area (Å²) in [6.07, 6.45) is 0. The van der Waals surface area contributed by atoms with Crippen molar-refractivity contribution in [3.05, 3.63) is 200 Å². The Morgan fingerprint density at radius 1 is 0.288 bits per heavy atom. The summed E-state index contributed by atoms with van der Waals surface area (Å²) in [5.41, 5.74) is 12.0. The normalized spacial score (nSPS) is 11.5. The van der Waals surface area contributed by atoms with E-state index < -0.39 is 0 Å². The van der Waals surface area contributed by atoms with Gasteiger partial charge in [-0.15, -0.1) is 0 Å². The van der Waals surface area contributed by atoms with E-state index in [2.05, 4.69) is 205 Å². The molecule has 0 saturated carbocycles. The van der Waals surface area contributed by atoms with Gasteiger partial charge in [0, 0.05) is 33.9 Å². The molecule has 1 aromatic heterocycles. The Balaban J connectivity index is 1.17. The van der Waals surface area contributed by atoms with Crippen molar-refractivity contribution in [2.24, 2.45) is 0 Å². The lowest BCUT2D eigenvalue weighted by Gasteiger charge is -2.27. The van der Waals surface area contributed by atoms with E-state index in [4.69, 9.17) is 4.42 Å². The molecule has 0 saturated heterocycles. The van der Waals surface area contributed by atoms with Crippen LogP contribution in [0.2, 0.25) is 0 Å². The minimum Gasteiger partial charge on any atom is -0.456 e. The third-order valence-electron chi connectivity index (χ3n) is 10.2. The Kier molecular flexibility index (Phi) is 7.18. The molecular formula is C50H33NO. The Labute approximate surface area is 302 Å². The van der Waals surface area contributed by atoms with E-state index in [-0.39, 0.29) is 0 Å². The molecule has 0 aliphatic rings. The maximum absolute atomic E-state index is 6.58. The van der Waals surface area contributed by atoms with E-state index in [9.17, 15) is 0 Å². The van der Waals surface area contributed by atoms with Crippen LogP contribution in [-0.4, -0.2) is 0 Å². The number of anilines is 3. The molecule has 9 aromatic carbocycles. The highest BCUT2D eigenvalue weighted by Crippen LogP contribution is 2.43. The predicted molar refractivity (Wildman–Crippen MR) is 220 cm³/mol. The predicted octanol–water partition coefficient (Wildman–Crippen LogP) is 14.4. The van der Waals surface area contributed by atoms with Gasteiger partial charge in [0.05, 0.1) is 0 Å². The first-order valence-electron chi connectivity index (χ1n) is 17.7. The summed E-state index contributed by atoms with van der Waals surface area (Å²) in [6, 6.07) is 71.8. The highest BCUT2D eigenvalue weighted by Gasteiger charge is 2.19. The van der Waals surface area contributed by atoms with Crippen LogP contribution >= 0.6 is 0 Å². The zero-order valence-electron chi connectivity index (χ0n) is 28.4. The summed E-state index contributed by atoms with van der Waals surface area (Å²) in [6.45, 7) is 0. The summed E-state index contributed by atoms with van der Waals surface area (Å²) in [7, 11) is 0. The number of benzene rings is 9. The Morgan fingerprint density at radius 3 is 1.58 bits per heavy atom. The van der Waals surface area contributed by atoms with Crippen molar-refractivity contribution in [2.45, 2.75) is 0 Å². The van der Waals surface area contributed by atoms with E-state index in [1.165, 1.54) is 54.9 Å². The molecule has 0 atom stereocenters. The van der Waals surface area contributed by atoms with Crippen LogP contribution in [0.4, 0.5) is 17.1 Å². The second-order valence-electron chi connectivity index (χ2n) is 13.4. The zero-order chi connectivity index (χ0) is 34.4. The molecular weight excluding hydrogens is 631 g/mol. The molecule has 0 radical (unpaired) electrons. The van der Waals surface area contributed by atoms with Gasteiger partial charge in [0.2, 0.25) is 0 Å². The zero-order valence-corrected chi connectivity index (χ0v) is 28.4. The number of hydrogen-bond donors (Lipinski definition) is 0. The molecule has 0 fully saturated rings. The first-order chi connectivity index (χ1) is 25.7. The van der Waals surface area contributed by atoms with Crippen LogP contribution < -0.4 is 4.90 Å². The minimum atomic E-state index is 0.865. The van der Waals surface area contributed by atoms with Gasteiger partial charge >= 0.3 is 0 Å². The minimum absolute atomic E-state index is 0.865. The molecule has 0 bridgehead atoms. The summed E-state index contributed by atoms with van der Waals surface area (Å²) < 4.78 is 6.58. The van der Waals surface area contributed by atoms with E-state index >= 15 is 0 Å². The quantitative estimate of drug-likeness (QED) is 0.176. The smallest absolute Gasteiger partial charge is 0.137 e. The van der Waals surface area contributed by atoms with E-state index in [1.54, 1.807) is 0 Å².